The van der Waals surface area contributed by atoms with Crippen LogP contribution in [0, 0.1) is 6.92 Å². The summed E-state index contributed by atoms with van der Waals surface area (Å²) in [5, 5.41) is 1.28. The molecule has 0 saturated carbocycles. The smallest absolute Gasteiger partial charge is 0.0601 e. The van der Waals surface area contributed by atoms with Gasteiger partial charge in [-0.15, -0.1) is 12.4 Å². The number of nitrogens with two attached hydrogens (primary N) is 1. The molecular formula is C11H14BrClN2. The fraction of sp³-hybridized carbons (Fsp3) is 0.273. The van der Waals surface area contributed by atoms with Gasteiger partial charge in [0, 0.05) is 16.1 Å². The predicted octanol–water partition coefficient (Wildman–Crippen LogP) is 3.16. The van der Waals surface area contributed by atoms with Gasteiger partial charge in [-0.3, -0.25) is 0 Å². The minimum Gasteiger partial charge on any atom is -0.360 e. The van der Waals surface area contributed by atoms with Crippen molar-refractivity contribution in [1.82, 2.24) is 4.98 Å². The van der Waals surface area contributed by atoms with Gasteiger partial charge in [-0.1, -0.05) is 0 Å². The van der Waals surface area contributed by atoms with Crippen LogP contribution in [0.4, 0.5) is 0 Å². The van der Waals surface area contributed by atoms with Crippen molar-refractivity contribution in [3.63, 3.8) is 0 Å². The Labute approximate surface area is 104 Å². The molecule has 0 aliphatic carbocycles. The zero-order valence-electron chi connectivity index (χ0n) is 8.51. The molecule has 0 radical (unpaired) electrons. The Hall–Kier alpha value is -0.510. The number of aryl methyl sites for hydroxylation is 1. The maximum absolute atomic E-state index is 5.56. The lowest BCUT2D eigenvalue weighted by atomic mass is 10.1. The monoisotopic (exact) mass is 288 g/mol. The Morgan fingerprint density at radius 1 is 1.40 bits per heavy atom. The molecule has 82 valence electrons. The highest BCUT2D eigenvalue weighted by atomic mass is 79.9. The highest BCUT2D eigenvalue weighted by Crippen LogP contribution is 2.27. The van der Waals surface area contributed by atoms with Gasteiger partial charge < -0.3 is 10.7 Å². The zero-order chi connectivity index (χ0) is 10.1. The van der Waals surface area contributed by atoms with Crippen LogP contribution in [0.2, 0.25) is 0 Å². The first kappa shape index (κ1) is 12.6. The van der Waals surface area contributed by atoms with Crippen molar-refractivity contribution in [2.24, 2.45) is 5.73 Å². The molecule has 0 aliphatic heterocycles. The fourth-order valence-electron chi connectivity index (χ4n) is 1.74. The number of fused-ring (bicyclic) bond motifs is 1. The van der Waals surface area contributed by atoms with Crippen LogP contribution < -0.4 is 5.73 Å². The van der Waals surface area contributed by atoms with E-state index < -0.39 is 0 Å². The van der Waals surface area contributed by atoms with Crippen LogP contribution in [0.15, 0.2) is 22.8 Å². The van der Waals surface area contributed by atoms with Gasteiger partial charge >= 0.3 is 0 Å². The number of benzene rings is 1. The van der Waals surface area contributed by atoms with Gasteiger partial charge in [-0.2, -0.15) is 0 Å². The second kappa shape index (κ2) is 5.01. The standard InChI is InChI=1S/C11H13BrN2.ClH/c1-7-4-9-8(2-3-13)6-14-11(9)10(12)5-7;/h4-6,14H,2-3,13H2,1H3;1H. The first-order valence-corrected chi connectivity index (χ1v) is 5.48. The second-order valence-electron chi connectivity index (χ2n) is 3.52. The second-order valence-corrected chi connectivity index (χ2v) is 4.38. The lowest BCUT2D eigenvalue weighted by Gasteiger charge is -2.00. The van der Waals surface area contributed by atoms with Crippen molar-refractivity contribution < 1.29 is 0 Å². The van der Waals surface area contributed by atoms with Crippen LogP contribution >= 0.6 is 28.3 Å². The lowest BCUT2D eigenvalue weighted by molar-refractivity contribution is 0.976. The number of halogens is 2. The maximum Gasteiger partial charge on any atom is 0.0601 e. The van der Waals surface area contributed by atoms with E-state index in [1.54, 1.807) is 0 Å². The van der Waals surface area contributed by atoms with E-state index in [4.69, 9.17) is 5.73 Å². The zero-order valence-corrected chi connectivity index (χ0v) is 10.9. The van der Waals surface area contributed by atoms with Crippen LogP contribution in [-0.2, 0) is 6.42 Å². The molecule has 0 fully saturated rings. The summed E-state index contributed by atoms with van der Waals surface area (Å²) in [5.41, 5.74) is 9.29. The maximum atomic E-state index is 5.56. The van der Waals surface area contributed by atoms with Crippen molar-refractivity contribution in [2.75, 3.05) is 6.54 Å². The highest BCUT2D eigenvalue weighted by molar-refractivity contribution is 9.10. The number of rotatable bonds is 2. The van der Waals surface area contributed by atoms with Gasteiger partial charge in [0.05, 0.1) is 5.52 Å². The van der Waals surface area contributed by atoms with Gasteiger partial charge in [-0.05, 0) is 59.1 Å². The van der Waals surface area contributed by atoms with Gasteiger partial charge in [0.2, 0.25) is 0 Å². The normalized spacial score (nSPS) is 10.3. The van der Waals surface area contributed by atoms with Crippen LogP contribution in [0.5, 0.6) is 0 Å². The summed E-state index contributed by atoms with van der Waals surface area (Å²) in [6.45, 7) is 2.79. The van der Waals surface area contributed by atoms with E-state index in [2.05, 4.69) is 40.0 Å². The number of hydrogen-bond acceptors (Lipinski definition) is 1. The molecule has 2 rings (SSSR count). The summed E-state index contributed by atoms with van der Waals surface area (Å²) < 4.78 is 1.12. The Bertz CT molecular complexity index is 465. The van der Waals surface area contributed by atoms with Crippen molar-refractivity contribution >= 4 is 39.2 Å². The molecule has 1 heterocycles. The minimum absolute atomic E-state index is 0. The molecular weight excluding hydrogens is 275 g/mol. The van der Waals surface area contributed by atoms with Gasteiger partial charge in [0.15, 0.2) is 0 Å². The van der Waals surface area contributed by atoms with E-state index in [0.29, 0.717) is 6.54 Å². The summed E-state index contributed by atoms with van der Waals surface area (Å²) in [6, 6.07) is 4.31. The topological polar surface area (TPSA) is 41.8 Å². The highest BCUT2D eigenvalue weighted by Gasteiger charge is 2.06. The first-order valence-electron chi connectivity index (χ1n) is 4.68. The number of H-pyrrole nitrogens is 1. The molecule has 2 nitrogen and oxygen atoms in total. The van der Waals surface area contributed by atoms with Crippen LogP contribution in [0.3, 0.4) is 0 Å². The average molecular weight is 290 g/mol. The average Bonchev–Trinajstić information content (AvgIpc) is 2.49. The predicted molar refractivity (Wildman–Crippen MR) is 70.7 cm³/mol. The molecule has 1 aromatic carbocycles. The van der Waals surface area contributed by atoms with Crippen LogP contribution in [0.25, 0.3) is 10.9 Å². The largest absolute Gasteiger partial charge is 0.360 e. The van der Waals surface area contributed by atoms with Gasteiger partial charge in [0.1, 0.15) is 0 Å². The van der Waals surface area contributed by atoms with Crippen LogP contribution in [0.1, 0.15) is 11.1 Å². The molecule has 0 saturated heterocycles. The SMILES string of the molecule is Cc1cc(Br)c2[nH]cc(CCN)c2c1.Cl. The van der Waals surface area contributed by atoms with Crippen molar-refractivity contribution in [3.05, 3.63) is 33.9 Å². The molecule has 0 aliphatic rings. The first-order chi connectivity index (χ1) is 6.72. The Morgan fingerprint density at radius 3 is 2.80 bits per heavy atom. The van der Waals surface area contributed by atoms with Crippen molar-refractivity contribution in [3.8, 4) is 0 Å². The summed E-state index contributed by atoms with van der Waals surface area (Å²) in [5.74, 6) is 0. The van der Waals surface area contributed by atoms with E-state index >= 15 is 0 Å². The van der Waals surface area contributed by atoms with Crippen molar-refractivity contribution in [2.45, 2.75) is 13.3 Å². The molecule has 0 atom stereocenters. The minimum atomic E-state index is 0. The van der Waals surface area contributed by atoms with E-state index in [1.165, 1.54) is 22.0 Å². The Kier molecular flexibility index (Phi) is 4.20. The van der Waals surface area contributed by atoms with E-state index in [1.807, 2.05) is 6.20 Å². The molecule has 0 amide bonds. The summed E-state index contributed by atoms with van der Waals surface area (Å²) in [6.07, 6.45) is 2.97. The van der Waals surface area contributed by atoms with E-state index in [0.717, 1.165) is 10.9 Å². The molecule has 15 heavy (non-hydrogen) atoms. The summed E-state index contributed by atoms with van der Waals surface area (Å²) >= 11 is 3.55. The number of aromatic nitrogens is 1. The number of nitrogens with one attached hydrogen (secondary N) is 1. The molecule has 2 aromatic rings. The van der Waals surface area contributed by atoms with Crippen LogP contribution in [-0.4, -0.2) is 11.5 Å². The lowest BCUT2D eigenvalue weighted by Crippen LogP contribution is -2.01. The third-order valence-corrected chi connectivity index (χ3v) is 3.01. The molecule has 0 spiro atoms. The molecule has 0 bridgehead atoms. The quantitative estimate of drug-likeness (QED) is 0.876. The molecule has 4 heteroatoms. The summed E-state index contributed by atoms with van der Waals surface area (Å²) in [4.78, 5) is 3.27. The van der Waals surface area contributed by atoms with Gasteiger partial charge in [-0.25, -0.2) is 0 Å². The van der Waals surface area contributed by atoms with Crippen molar-refractivity contribution in [1.29, 1.82) is 0 Å². The summed E-state index contributed by atoms with van der Waals surface area (Å²) in [7, 11) is 0. The Morgan fingerprint density at radius 2 is 2.13 bits per heavy atom. The van der Waals surface area contributed by atoms with Gasteiger partial charge in [0.25, 0.3) is 0 Å². The number of hydrogen-bond donors (Lipinski definition) is 2. The third-order valence-electron chi connectivity index (χ3n) is 2.38. The van der Waals surface area contributed by atoms with E-state index in [9.17, 15) is 0 Å². The van der Waals surface area contributed by atoms with E-state index in [-0.39, 0.29) is 12.4 Å². The molecule has 0 unspecified atom stereocenters. The molecule has 3 N–H and O–H groups in total. The third kappa shape index (κ3) is 2.36. The Balaban J connectivity index is 0.00000112. The fourth-order valence-corrected chi connectivity index (χ4v) is 2.43. The molecule has 1 aromatic heterocycles. The number of aromatic amines is 1.